The molecule has 2 N–H and O–H groups in total. The van der Waals surface area contributed by atoms with E-state index in [9.17, 15) is 10.2 Å². The van der Waals surface area contributed by atoms with E-state index in [4.69, 9.17) is 25.8 Å². The number of methoxy groups -OCH3 is 1. The number of piperidine rings is 1. The number of aliphatic hydroxyl groups is 2. The number of hydrogen-bond donors (Lipinski definition) is 2. The van der Waals surface area contributed by atoms with E-state index in [0.29, 0.717) is 48.4 Å². The lowest BCUT2D eigenvalue weighted by molar-refractivity contribution is -0.140. The van der Waals surface area contributed by atoms with Gasteiger partial charge in [0.1, 0.15) is 18.0 Å². The number of hydrogen-bond acceptors (Lipinski definition) is 7. The second-order valence-electron chi connectivity index (χ2n) is 10.2. The summed E-state index contributed by atoms with van der Waals surface area (Å²) in [5.41, 5.74) is 2.60. The van der Waals surface area contributed by atoms with Crippen LogP contribution in [0.15, 0.2) is 42.7 Å². The summed E-state index contributed by atoms with van der Waals surface area (Å²) in [4.78, 5) is 2.13. The number of aliphatic hydroxyl groups excluding tert-OH is 1. The SMILES string of the molecule is COc1ccc(CN2CC[C@H](O)[C@@](O)(COc3cc(C)c(Cl)c(C)c3)C2)cc1OCCCn1cc(C)cn1. The number of benzene rings is 2. The highest BCUT2D eigenvalue weighted by atomic mass is 35.5. The maximum absolute atomic E-state index is 11.3. The Morgan fingerprint density at radius 2 is 1.87 bits per heavy atom. The predicted octanol–water partition coefficient (Wildman–Crippen LogP) is 4.32. The molecule has 3 aromatic rings. The van der Waals surface area contributed by atoms with E-state index < -0.39 is 11.7 Å². The van der Waals surface area contributed by atoms with Gasteiger partial charge in [-0.05, 0) is 73.7 Å². The van der Waals surface area contributed by atoms with Crippen LogP contribution >= 0.6 is 11.6 Å². The maximum atomic E-state index is 11.3. The number of aromatic nitrogens is 2. The van der Waals surface area contributed by atoms with Gasteiger partial charge in [-0.15, -0.1) is 0 Å². The van der Waals surface area contributed by atoms with Gasteiger partial charge in [-0.2, -0.15) is 5.10 Å². The molecular formula is C29H38ClN3O5. The van der Waals surface area contributed by atoms with Crippen LogP contribution in [0.4, 0.5) is 0 Å². The zero-order valence-electron chi connectivity index (χ0n) is 22.6. The summed E-state index contributed by atoms with van der Waals surface area (Å²) in [6.45, 7) is 8.70. The Kier molecular flexibility index (Phi) is 9.20. The molecule has 1 fully saturated rings. The Morgan fingerprint density at radius 3 is 2.55 bits per heavy atom. The predicted molar refractivity (Wildman–Crippen MR) is 147 cm³/mol. The van der Waals surface area contributed by atoms with Crippen molar-refractivity contribution in [3.05, 3.63) is 70.0 Å². The summed E-state index contributed by atoms with van der Waals surface area (Å²) in [6, 6.07) is 9.58. The standard InChI is InChI=1S/C29H38ClN3O5/c1-20-15-31-33(16-20)9-5-11-37-26-14-23(6-7-25(26)36-4)17-32-10-8-27(34)29(35,18-32)19-38-24-12-21(2)28(30)22(3)13-24/h6-7,12-16,27,34-35H,5,8-11,17-19H2,1-4H3/t27-,29-/m0/s1. The molecule has 206 valence electrons. The van der Waals surface area contributed by atoms with E-state index in [1.165, 1.54) is 0 Å². The van der Waals surface area contributed by atoms with Gasteiger partial charge in [0.15, 0.2) is 11.5 Å². The second-order valence-corrected chi connectivity index (χ2v) is 10.6. The van der Waals surface area contributed by atoms with E-state index >= 15 is 0 Å². The van der Waals surface area contributed by atoms with Gasteiger partial charge in [0.05, 0.1) is 26.0 Å². The molecule has 38 heavy (non-hydrogen) atoms. The zero-order chi connectivity index (χ0) is 27.3. The van der Waals surface area contributed by atoms with E-state index in [2.05, 4.69) is 10.00 Å². The van der Waals surface area contributed by atoms with Crippen LogP contribution in [-0.2, 0) is 13.1 Å². The van der Waals surface area contributed by atoms with Gasteiger partial charge >= 0.3 is 0 Å². The Bertz CT molecular complexity index is 1210. The Labute approximate surface area is 229 Å². The van der Waals surface area contributed by atoms with Gasteiger partial charge in [-0.1, -0.05) is 17.7 Å². The van der Waals surface area contributed by atoms with Crippen molar-refractivity contribution in [2.24, 2.45) is 0 Å². The van der Waals surface area contributed by atoms with Crippen LogP contribution in [0.5, 0.6) is 17.2 Å². The van der Waals surface area contributed by atoms with Crippen LogP contribution in [0.3, 0.4) is 0 Å². The quantitative estimate of drug-likeness (QED) is 0.348. The fraction of sp³-hybridized carbons (Fsp3) is 0.483. The lowest BCUT2D eigenvalue weighted by Gasteiger charge is -2.42. The van der Waals surface area contributed by atoms with Crippen LogP contribution in [0.1, 0.15) is 35.1 Å². The fourth-order valence-corrected chi connectivity index (χ4v) is 4.92. The molecule has 1 aliphatic rings. The van der Waals surface area contributed by atoms with Crippen molar-refractivity contribution >= 4 is 11.6 Å². The molecule has 0 saturated carbocycles. The molecule has 0 bridgehead atoms. The number of halogens is 1. The summed E-state index contributed by atoms with van der Waals surface area (Å²) in [5.74, 6) is 1.99. The number of aryl methyl sites for hydroxylation is 4. The van der Waals surface area contributed by atoms with Crippen molar-refractivity contribution in [1.82, 2.24) is 14.7 Å². The van der Waals surface area contributed by atoms with Gasteiger partial charge in [-0.3, -0.25) is 9.58 Å². The van der Waals surface area contributed by atoms with E-state index in [0.717, 1.165) is 35.2 Å². The van der Waals surface area contributed by atoms with Crippen LogP contribution in [0.25, 0.3) is 0 Å². The lowest BCUT2D eigenvalue weighted by atomic mass is 9.90. The molecule has 1 saturated heterocycles. The van der Waals surface area contributed by atoms with Gasteiger partial charge in [0.25, 0.3) is 0 Å². The van der Waals surface area contributed by atoms with Crippen LogP contribution in [0.2, 0.25) is 5.02 Å². The van der Waals surface area contributed by atoms with Gasteiger partial charge < -0.3 is 24.4 Å². The van der Waals surface area contributed by atoms with Crippen molar-refractivity contribution in [3.63, 3.8) is 0 Å². The number of likely N-dealkylation sites (tertiary alicyclic amines) is 1. The maximum Gasteiger partial charge on any atom is 0.161 e. The zero-order valence-corrected chi connectivity index (χ0v) is 23.4. The molecule has 1 aromatic heterocycles. The average molecular weight is 544 g/mol. The highest BCUT2D eigenvalue weighted by Gasteiger charge is 2.42. The Balaban J connectivity index is 1.35. The third kappa shape index (κ3) is 6.99. The Hall–Kier alpha value is -2.78. The minimum Gasteiger partial charge on any atom is -0.493 e. The molecule has 0 amide bonds. The van der Waals surface area contributed by atoms with Gasteiger partial charge in [0, 0.05) is 43.8 Å². The molecule has 4 rings (SSSR count). The minimum absolute atomic E-state index is 0.0159. The van der Waals surface area contributed by atoms with E-state index in [1.54, 1.807) is 7.11 Å². The van der Waals surface area contributed by atoms with Gasteiger partial charge in [0.2, 0.25) is 0 Å². The van der Waals surface area contributed by atoms with Crippen molar-refractivity contribution < 1.29 is 24.4 Å². The molecule has 9 heteroatoms. The molecule has 0 radical (unpaired) electrons. The van der Waals surface area contributed by atoms with Crippen LogP contribution in [0, 0.1) is 20.8 Å². The summed E-state index contributed by atoms with van der Waals surface area (Å²) < 4.78 is 19.4. The normalized spacial score (nSPS) is 19.9. The third-order valence-electron chi connectivity index (χ3n) is 6.92. The summed E-state index contributed by atoms with van der Waals surface area (Å²) in [7, 11) is 1.63. The minimum atomic E-state index is -1.39. The second kappa shape index (κ2) is 12.4. The van der Waals surface area contributed by atoms with Gasteiger partial charge in [-0.25, -0.2) is 0 Å². The largest absolute Gasteiger partial charge is 0.493 e. The number of nitrogens with zero attached hydrogens (tertiary/aromatic N) is 3. The average Bonchev–Trinajstić information content (AvgIpc) is 3.31. The molecule has 0 aliphatic carbocycles. The third-order valence-corrected chi connectivity index (χ3v) is 7.52. The lowest BCUT2D eigenvalue weighted by Crippen LogP contribution is -2.59. The summed E-state index contributed by atoms with van der Waals surface area (Å²) >= 11 is 6.27. The molecule has 2 atom stereocenters. The van der Waals surface area contributed by atoms with E-state index in [1.807, 2.05) is 68.2 Å². The molecule has 2 heterocycles. The molecule has 0 unspecified atom stereocenters. The first kappa shape index (κ1) is 28.2. The molecular weight excluding hydrogens is 506 g/mol. The topological polar surface area (TPSA) is 89.2 Å². The number of ether oxygens (including phenoxy) is 3. The Morgan fingerprint density at radius 1 is 1.11 bits per heavy atom. The fourth-order valence-electron chi connectivity index (χ4n) is 4.81. The first-order valence-electron chi connectivity index (χ1n) is 13.0. The monoisotopic (exact) mass is 543 g/mol. The molecule has 8 nitrogen and oxygen atoms in total. The molecule has 0 spiro atoms. The van der Waals surface area contributed by atoms with Crippen molar-refractivity contribution in [2.75, 3.05) is 33.4 Å². The highest BCUT2D eigenvalue weighted by molar-refractivity contribution is 6.32. The first-order valence-corrected chi connectivity index (χ1v) is 13.4. The number of rotatable bonds is 11. The van der Waals surface area contributed by atoms with Crippen molar-refractivity contribution in [3.8, 4) is 17.2 Å². The van der Waals surface area contributed by atoms with Crippen LogP contribution in [-0.4, -0.2) is 70.0 Å². The highest BCUT2D eigenvalue weighted by Crippen LogP contribution is 2.31. The molecule has 2 aromatic carbocycles. The van der Waals surface area contributed by atoms with Crippen molar-refractivity contribution in [2.45, 2.75) is 58.4 Å². The van der Waals surface area contributed by atoms with Crippen LogP contribution < -0.4 is 14.2 Å². The smallest absolute Gasteiger partial charge is 0.161 e. The van der Waals surface area contributed by atoms with Crippen molar-refractivity contribution in [1.29, 1.82) is 0 Å². The summed E-state index contributed by atoms with van der Waals surface area (Å²) in [6.07, 6.45) is 4.25. The van der Waals surface area contributed by atoms with E-state index in [-0.39, 0.29) is 13.2 Å². The summed E-state index contributed by atoms with van der Waals surface area (Å²) in [5, 5.41) is 27.0. The first-order chi connectivity index (χ1) is 18.2. The number of β-amino-alcohol motifs (C(OH)–C–C–N with tert-alkyl or cyclic N) is 1. The molecule has 1 aliphatic heterocycles.